The molecule has 98 valence electrons. The highest BCUT2D eigenvalue weighted by molar-refractivity contribution is 5.92. The van der Waals surface area contributed by atoms with Crippen LogP contribution in [-0.2, 0) is 4.74 Å². The smallest absolute Gasteiger partial charge is 0.338 e. The van der Waals surface area contributed by atoms with Crippen LogP contribution in [0.1, 0.15) is 27.0 Å². The van der Waals surface area contributed by atoms with E-state index in [9.17, 15) is 4.79 Å². The highest BCUT2D eigenvalue weighted by Crippen LogP contribution is 2.26. The van der Waals surface area contributed by atoms with Crippen LogP contribution >= 0.6 is 0 Å². The fourth-order valence-corrected chi connectivity index (χ4v) is 2.26. The molecule has 0 saturated carbocycles. The molecule has 0 aliphatic rings. The minimum Gasteiger partial charge on any atom is -0.465 e. The van der Waals surface area contributed by atoms with Gasteiger partial charge in [0, 0.05) is 0 Å². The first-order valence-corrected chi connectivity index (χ1v) is 6.29. The third-order valence-corrected chi connectivity index (χ3v) is 3.34. The van der Waals surface area contributed by atoms with E-state index in [0.29, 0.717) is 5.56 Å². The van der Waals surface area contributed by atoms with Gasteiger partial charge in [-0.15, -0.1) is 0 Å². The van der Waals surface area contributed by atoms with Crippen LogP contribution in [0.4, 0.5) is 0 Å². The normalized spacial score (nSPS) is 10.3. The predicted octanol–water partition coefficient (Wildman–Crippen LogP) is 4.07. The molecule has 0 saturated heterocycles. The van der Waals surface area contributed by atoms with Crippen molar-refractivity contribution in [3.8, 4) is 11.1 Å². The third kappa shape index (κ3) is 2.68. The quantitative estimate of drug-likeness (QED) is 0.755. The summed E-state index contributed by atoms with van der Waals surface area (Å²) in [4.78, 5) is 11.7. The maximum absolute atomic E-state index is 11.7. The van der Waals surface area contributed by atoms with E-state index in [2.05, 4.69) is 32.0 Å². The van der Waals surface area contributed by atoms with E-state index in [4.69, 9.17) is 4.74 Å². The van der Waals surface area contributed by atoms with Gasteiger partial charge in [0.25, 0.3) is 0 Å². The summed E-state index contributed by atoms with van der Waals surface area (Å²) in [7, 11) is 1.41. The first-order chi connectivity index (χ1) is 9.02. The Hall–Kier alpha value is -2.09. The zero-order valence-electron chi connectivity index (χ0n) is 11.8. The fraction of sp³-hybridized carbons (Fsp3) is 0.235. The van der Waals surface area contributed by atoms with Gasteiger partial charge in [-0.05, 0) is 49.1 Å². The summed E-state index contributed by atoms with van der Waals surface area (Å²) >= 11 is 0. The zero-order chi connectivity index (χ0) is 14.0. The van der Waals surface area contributed by atoms with Crippen LogP contribution in [0.2, 0.25) is 0 Å². The second-order valence-corrected chi connectivity index (χ2v) is 4.84. The van der Waals surface area contributed by atoms with Crippen LogP contribution in [-0.4, -0.2) is 13.1 Å². The summed E-state index contributed by atoms with van der Waals surface area (Å²) in [5.74, 6) is -0.288. The first-order valence-electron chi connectivity index (χ1n) is 6.29. The Bertz CT molecular complexity index is 627. The number of methoxy groups -OCH3 is 1. The minimum absolute atomic E-state index is 0.288. The molecule has 2 rings (SSSR count). The Labute approximate surface area is 114 Å². The molecule has 0 bridgehead atoms. The zero-order valence-corrected chi connectivity index (χ0v) is 11.8. The lowest BCUT2D eigenvalue weighted by atomic mass is 9.95. The van der Waals surface area contributed by atoms with E-state index >= 15 is 0 Å². The Kier molecular flexibility index (Phi) is 3.70. The number of hydrogen-bond acceptors (Lipinski definition) is 2. The van der Waals surface area contributed by atoms with Crippen molar-refractivity contribution in [3.05, 3.63) is 58.7 Å². The molecule has 0 aliphatic heterocycles. The summed E-state index contributed by atoms with van der Waals surface area (Å²) in [6.07, 6.45) is 0. The number of aryl methyl sites for hydroxylation is 3. The molecule has 2 aromatic carbocycles. The van der Waals surface area contributed by atoms with Gasteiger partial charge in [-0.2, -0.15) is 0 Å². The molecule has 0 unspecified atom stereocenters. The van der Waals surface area contributed by atoms with E-state index in [0.717, 1.165) is 16.7 Å². The van der Waals surface area contributed by atoms with Crippen molar-refractivity contribution < 1.29 is 9.53 Å². The molecular weight excluding hydrogens is 236 g/mol. The highest BCUT2D eigenvalue weighted by Gasteiger charge is 2.11. The highest BCUT2D eigenvalue weighted by atomic mass is 16.5. The molecule has 19 heavy (non-hydrogen) atoms. The molecular formula is C17H18O2. The average molecular weight is 254 g/mol. The summed E-state index contributed by atoms with van der Waals surface area (Å²) in [5, 5.41) is 0. The molecule has 0 aliphatic carbocycles. The predicted molar refractivity (Wildman–Crippen MR) is 77.4 cm³/mol. The first kappa shape index (κ1) is 13.3. The number of hydrogen-bond donors (Lipinski definition) is 0. The van der Waals surface area contributed by atoms with Crippen molar-refractivity contribution in [1.82, 2.24) is 0 Å². The van der Waals surface area contributed by atoms with Gasteiger partial charge in [0.05, 0.1) is 12.7 Å². The topological polar surface area (TPSA) is 26.3 Å². The minimum atomic E-state index is -0.288. The van der Waals surface area contributed by atoms with E-state index in [-0.39, 0.29) is 5.97 Å². The lowest BCUT2D eigenvalue weighted by molar-refractivity contribution is 0.0600. The van der Waals surface area contributed by atoms with E-state index in [1.807, 2.05) is 25.1 Å². The molecule has 2 aromatic rings. The van der Waals surface area contributed by atoms with E-state index in [1.54, 1.807) is 0 Å². The monoisotopic (exact) mass is 254 g/mol. The SMILES string of the molecule is COC(=O)c1cc(-c2ccc(C)cc2C)ccc1C. The van der Waals surface area contributed by atoms with Gasteiger partial charge in [-0.25, -0.2) is 4.79 Å². The van der Waals surface area contributed by atoms with Gasteiger partial charge in [-0.3, -0.25) is 0 Å². The standard InChI is InChI=1S/C17H18O2/c1-11-5-8-15(13(3)9-11)14-7-6-12(2)16(10-14)17(18)19-4/h5-10H,1-4H3. The maximum Gasteiger partial charge on any atom is 0.338 e. The summed E-state index contributed by atoms with van der Waals surface area (Å²) < 4.78 is 4.82. The number of rotatable bonds is 2. The van der Waals surface area contributed by atoms with Crippen LogP contribution in [0.25, 0.3) is 11.1 Å². The third-order valence-electron chi connectivity index (χ3n) is 3.34. The summed E-state index contributed by atoms with van der Waals surface area (Å²) in [6, 6.07) is 12.2. The molecule has 2 heteroatoms. The van der Waals surface area contributed by atoms with Crippen molar-refractivity contribution in [2.45, 2.75) is 20.8 Å². The molecule has 0 fully saturated rings. The van der Waals surface area contributed by atoms with Crippen molar-refractivity contribution in [2.75, 3.05) is 7.11 Å². The van der Waals surface area contributed by atoms with Crippen molar-refractivity contribution in [3.63, 3.8) is 0 Å². The van der Waals surface area contributed by atoms with Crippen LogP contribution in [0.3, 0.4) is 0 Å². The van der Waals surface area contributed by atoms with Crippen molar-refractivity contribution in [1.29, 1.82) is 0 Å². The van der Waals surface area contributed by atoms with Gasteiger partial charge in [0.2, 0.25) is 0 Å². The maximum atomic E-state index is 11.7. The lowest BCUT2D eigenvalue weighted by Gasteiger charge is -2.10. The molecule has 0 spiro atoms. The molecule has 0 aromatic heterocycles. The Balaban J connectivity index is 2.54. The Morgan fingerprint density at radius 3 is 2.32 bits per heavy atom. The van der Waals surface area contributed by atoms with Crippen molar-refractivity contribution in [2.24, 2.45) is 0 Å². The average Bonchev–Trinajstić information content (AvgIpc) is 2.39. The largest absolute Gasteiger partial charge is 0.465 e. The van der Waals surface area contributed by atoms with E-state index < -0.39 is 0 Å². The number of benzene rings is 2. The van der Waals surface area contributed by atoms with Crippen molar-refractivity contribution >= 4 is 5.97 Å². The summed E-state index contributed by atoms with van der Waals surface area (Å²) in [6.45, 7) is 6.07. The lowest BCUT2D eigenvalue weighted by Crippen LogP contribution is -2.04. The number of carbonyl (C=O) groups excluding carboxylic acids is 1. The van der Waals surface area contributed by atoms with Gasteiger partial charge in [-0.1, -0.05) is 35.9 Å². The molecule has 0 radical (unpaired) electrons. The molecule has 0 amide bonds. The molecule has 0 atom stereocenters. The molecule has 2 nitrogen and oxygen atoms in total. The Morgan fingerprint density at radius 2 is 1.68 bits per heavy atom. The Morgan fingerprint density at radius 1 is 0.947 bits per heavy atom. The van der Waals surface area contributed by atoms with Gasteiger partial charge in [0.15, 0.2) is 0 Å². The van der Waals surface area contributed by atoms with Crippen LogP contribution < -0.4 is 0 Å². The fourth-order valence-electron chi connectivity index (χ4n) is 2.26. The van der Waals surface area contributed by atoms with Gasteiger partial charge in [0.1, 0.15) is 0 Å². The number of ether oxygens (including phenoxy) is 1. The van der Waals surface area contributed by atoms with Crippen LogP contribution in [0.5, 0.6) is 0 Å². The second kappa shape index (κ2) is 5.27. The molecule has 0 heterocycles. The summed E-state index contributed by atoms with van der Waals surface area (Å²) in [5.41, 5.74) is 6.20. The van der Waals surface area contributed by atoms with Gasteiger partial charge < -0.3 is 4.74 Å². The second-order valence-electron chi connectivity index (χ2n) is 4.84. The molecule has 0 N–H and O–H groups in total. The van der Waals surface area contributed by atoms with Crippen LogP contribution in [0.15, 0.2) is 36.4 Å². The van der Waals surface area contributed by atoms with Gasteiger partial charge >= 0.3 is 5.97 Å². The van der Waals surface area contributed by atoms with E-state index in [1.165, 1.54) is 18.2 Å². The van der Waals surface area contributed by atoms with Crippen LogP contribution in [0, 0.1) is 20.8 Å². The number of carbonyl (C=O) groups is 1. The number of esters is 1.